The van der Waals surface area contributed by atoms with Gasteiger partial charge < -0.3 is 14.4 Å². The Bertz CT molecular complexity index is 5220. The molecular formula is C84H54B3N3Si. The second-order valence-corrected chi connectivity index (χ2v) is 29.1. The molecule has 7 heteroatoms. The number of hydrogen-bond donors (Lipinski definition) is 0. The summed E-state index contributed by atoms with van der Waals surface area (Å²) in [6.45, 7) is 0.0464. The van der Waals surface area contributed by atoms with Crippen molar-refractivity contribution >= 4 is 116 Å². The van der Waals surface area contributed by atoms with Crippen LogP contribution in [0.15, 0.2) is 328 Å². The van der Waals surface area contributed by atoms with E-state index in [-0.39, 0.29) is 20.5 Å². The number of benzene rings is 14. The molecule has 3 nitrogen and oxygen atoms in total. The van der Waals surface area contributed by atoms with Crippen LogP contribution in [0.2, 0.25) is 0 Å². The summed E-state index contributed by atoms with van der Waals surface area (Å²) in [7, 11) is -3.40. The molecule has 0 saturated carbocycles. The van der Waals surface area contributed by atoms with Crippen molar-refractivity contribution in [2.75, 3.05) is 14.4 Å². The second-order valence-electron chi connectivity index (χ2n) is 25.3. The van der Waals surface area contributed by atoms with Crippen LogP contribution >= 0.6 is 0 Å². The van der Waals surface area contributed by atoms with Gasteiger partial charge in [0.25, 0.3) is 0 Å². The lowest BCUT2D eigenvalue weighted by molar-refractivity contribution is 1.35. The summed E-state index contributed by atoms with van der Waals surface area (Å²) >= 11 is 0. The van der Waals surface area contributed by atoms with Crippen LogP contribution in [-0.2, 0) is 0 Å². The molecule has 0 unspecified atom stereocenters. The summed E-state index contributed by atoms with van der Waals surface area (Å²) in [4.78, 5) is 7.88. The zero-order valence-electron chi connectivity index (χ0n) is 49.8. The van der Waals surface area contributed by atoms with E-state index in [0.717, 1.165) is 0 Å². The van der Waals surface area contributed by atoms with Crippen molar-refractivity contribution in [2.45, 2.75) is 0 Å². The van der Waals surface area contributed by atoms with Crippen LogP contribution in [0.3, 0.4) is 0 Å². The summed E-state index contributed by atoms with van der Waals surface area (Å²) in [5.41, 5.74) is 33.1. The second kappa shape index (κ2) is 19.4. The molecule has 0 saturated heterocycles. The Labute approximate surface area is 532 Å². The minimum atomic E-state index is -3.40. The molecule has 0 radical (unpaired) electrons. The lowest BCUT2D eigenvalue weighted by Crippen LogP contribution is -2.75. The number of para-hydroxylation sites is 4. The number of fused-ring (bicyclic) bond motifs is 33. The summed E-state index contributed by atoms with van der Waals surface area (Å²) in [6.07, 6.45) is 0. The summed E-state index contributed by atoms with van der Waals surface area (Å²) in [5, 5.41) is 5.34. The third kappa shape index (κ3) is 7.07. The van der Waals surface area contributed by atoms with E-state index in [2.05, 4.69) is 342 Å². The lowest BCUT2D eigenvalue weighted by atomic mass is 9.43. The van der Waals surface area contributed by atoms with E-state index >= 15 is 0 Å². The van der Waals surface area contributed by atoms with Gasteiger partial charge >= 0.3 is 20.5 Å². The predicted octanol–water partition coefficient (Wildman–Crippen LogP) is 13.4. The number of nitrogens with zero attached hydrogens (tertiary/aromatic N) is 3. The first kappa shape index (κ1) is 50.8. The van der Waals surface area contributed by atoms with E-state index < -0.39 is 8.07 Å². The van der Waals surface area contributed by atoms with Gasteiger partial charge in [0.1, 0.15) is 0 Å². The number of hydrogen-bond acceptors (Lipinski definition) is 3. The van der Waals surface area contributed by atoms with Gasteiger partial charge in [-0.05, 0) is 140 Å². The Kier molecular flexibility index (Phi) is 10.9. The van der Waals surface area contributed by atoms with Gasteiger partial charge in [0.15, 0.2) is 8.07 Å². The molecule has 0 atom stereocenters. The third-order valence-electron chi connectivity index (χ3n) is 21.0. The van der Waals surface area contributed by atoms with Crippen LogP contribution in [-0.4, -0.2) is 28.6 Å². The van der Waals surface area contributed by atoms with Crippen LogP contribution in [0.4, 0.5) is 34.1 Å². The molecule has 0 amide bonds. The van der Waals surface area contributed by atoms with Crippen molar-refractivity contribution in [3.05, 3.63) is 328 Å². The van der Waals surface area contributed by atoms with Crippen molar-refractivity contribution in [2.24, 2.45) is 0 Å². The molecule has 91 heavy (non-hydrogen) atoms. The fourth-order valence-electron chi connectivity index (χ4n) is 17.3. The van der Waals surface area contributed by atoms with Gasteiger partial charge in [-0.1, -0.05) is 285 Å². The summed E-state index contributed by atoms with van der Waals surface area (Å²) in [6, 6.07) is 126. The number of rotatable bonds is 5. The number of anilines is 6. The van der Waals surface area contributed by atoms with Gasteiger partial charge in [-0.2, -0.15) is 0 Å². The van der Waals surface area contributed by atoms with E-state index in [9.17, 15) is 0 Å². The first-order chi connectivity index (χ1) is 45.2. The fourth-order valence-corrected chi connectivity index (χ4v) is 22.1. The zero-order chi connectivity index (χ0) is 59.5. The van der Waals surface area contributed by atoms with Gasteiger partial charge in [0.05, 0.1) is 0 Å². The molecule has 0 aliphatic carbocycles. The van der Waals surface area contributed by atoms with Crippen molar-refractivity contribution in [1.29, 1.82) is 0 Å². The van der Waals surface area contributed by atoms with Gasteiger partial charge in [0.2, 0.25) is 0 Å². The maximum Gasteiger partial charge on any atom is 0.329 e. The molecule has 418 valence electrons. The van der Waals surface area contributed by atoms with E-state index in [1.165, 1.54) is 166 Å². The van der Waals surface area contributed by atoms with Crippen LogP contribution in [0, 0.1) is 0 Å². The Morgan fingerprint density at radius 2 is 0.473 bits per heavy atom. The Hall–Kier alpha value is -11.1. The Morgan fingerprint density at radius 1 is 0.176 bits per heavy atom. The normalized spacial score (nSPS) is 13.6. The Morgan fingerprint density at radius 3 is 0.890 bits per heavy atom. The van der Waals surface area contributed by atoms with E-state index in [1.54, 1.807) is 0 Å². The predicted molar refractivity (Wildman–Crippen MR) is 389 cm³/mol. The van der Waals surface area contributed by atoms with Gasteiger partial charge in [-0.25, -0.2) is 0 Å². The maximum atomic E-state index is 2.64. The minimum Gasteiger partial charge on any atom is -0.376 e. The molecule has 20 rings (SSSR count). The topological polar surface area (TPSA) is 9.72 Å². The molecule has 14 aromatic rings. The molecule has 14 aromatic carbocycles. The molecule has 6 aliphatic rings. The highest BCUT2D eigenvalue weighted by Gasteiger charge is 2.49. The van der Waals surface area contributed by atoms with Crippen molar-refractivity contribution in [3.63, 3.8) is 0 Å². The molecule has 0 N–H and O–H groups in total. The summed E-state index contributed by atoms with van der Waals surface area (Å²) < 4.78 is 0. The smallest absolute Gasteiger partial charge is 0.329 e. The maximum absolute atomic E-state index is 3.40. The molecule has 0 spiro atoms. The first-order valence-corrected chi connectivity index (χ1v) is 34.0. The Balaban J connectivity index is 0.835. The van der Waals surface area contributed by atoms with E-state index in [1.807, 2.05) is 0 Å². The minimum absolute atomic E-state index is 0.0141. The largest absolute Gasteiger partial charge is 0.376 e. The molecular weight excluding hydrogens is 1110 g/mol. The van der Waals surface area contributed by atoms with Crippen molar-refractivity contribution in [3.8, 4) is 77.9 Å². The molecule has 6 heterocycles. The van der Waals surface area contributed by atoms with E-state index in [0.29, 0.717) is 0 Å². The quantitative estimate of drug-likeness (QED) is 0.126. The first-order valence-electron chi connectivity index (χ1n) is 32.0. The SMILES string of the molecule is c1ccc([Si](c2cccc(-c3ccc4c(c3)-c3ccccc3N3B4c4ccccc4-c4ccccc43)c2)(c2ccc3c(c2)-c2ccccc2B2c4ccccc4-c4ccccc4N23)c2ccc3c(c2)-c2ccccc2B2c4ccccc4-c4ccccc4N23)cc1. The van der Waals surface area contributed by atoms with Crippen LogP contribution < -0.4 is 68.0 Å². The van der Waals surface area contributed by atoms with Crippen LogP contribution in [0.25, 0.3) is 77.9 Å². The molecule has 0 aromatic heterocycles. The highest BCUT2D eigenvalue weighted by Crippen LogP contribution is 2.50. The molecule has 0 fully saturated rings. The van der Waals surface area contributed by atoms with Crippen molar-refractivity contribution < 1.29 is 0 Å². The van der Waals surface area contributed by atoms with Crippen LogP contribution in [0.5, 0.6) is 0 Å². The van der Waals surface area contributed by atoms with Gasteiger partial charge in [-0.3, -0.25) is 0 Å². The van der Waals surface area contributed by atoms with Crippen molar-refractivity contribution in [1.82, 2.24) is 0 Å². The van der Waals surface area contributed by atoms with E-state index in [4.69, 9.17) is 0 Å². The van der Waals surface area contributed by atoms with Crippen LogP contribution in [0.1, 0.15) is 0 Å². The van der Waals surface area contributed by atoms with Gasteiger partial charge in [-0.15, -0.1) is 0 Å². The van der Waals surface area contributed by atoms with Gasteiger partial charge in [0, 0.05) is 67.5 Å². The molecule has 6 aliphatic heterocycles. The fraction of sp³-hybridized carbons (Fsp3) is 0. The average Bonchev–Trinajstić information content (AvgIpc) is 0.721. The lowest BCUT2D eigenvalue weighted by Gasteiger charge is -2.45. The average molecular weight is 1170 g/mol. The highest BCUT2D eigenvalue weighted by atomic mass is 28.3. The third-order valence-corrected chi connectivity index (χ3v) is 25.7. The molecule has 0 bridgehead atoms. The highest BCUT2D eigenvalue weighted by molar-refractivity contribution is 7.20. The standard InChI is InChI=1S/C84H54B3N3Si/c1-2-24-57(25-3-1)91(59-46-49-83-71(53-59)64-30-7-16-39-76(64)85-73-36-13-4-27-61(73)67-33-10-19-42-80(67)89(83)85,60-47-50-84-72(54-60)65-31-8-17-40-77(65)86-74-37-14-5-28-62(74)68-34-11-20-43-81(68)90(84)86)58-26-22-23-55(51-58)56-45-48-78-70(52-56)69-35-12-21-44-82(69)88-79-41-18-9-32-66(79)63-29-6-15-38-75(63)87(78)88/h1-54H. The monoisotopic (exact) mass is 1170 g/mol. The summed E-state index contributed by atoms with van der Waals surface area (Å²) in [5.74, 6) is 0. The zero-order valence-corrected chi connectivity index (χ0v) is 50.8.